The summed E-state index contributed by atoms with van der Waals surface area (Å²) in [5.41, 5.74) is 1.90. The minimum atomic E-state index is 0.661. The molecule has 0 atom stereocenters. The van der Waals surface area contributed by atoms with E-state index in [9.17, 15) is 0 Å². The molecule has 0 saturated heterocycles. The van der Waals surface area contributed by atoms with Crippen LogP contribution in [0.4, 0.5) is 5.69 Å². The molecule has 0 bridgehead atoms. The lowest BCUT2D eigenvalue weighted by Gasteiger charge is -2.05. The van der Waals surface area contributed by atoms with E-state index in [1.54, 1.807) is 0 Å². The fourth-order valence-corrected chi connectivity index (χ4v) is 1.94. The van der Waals surface area contributed by atoms with Gasteiger partial charge in [-0.1, -0.05) is 16.1 Å². The van der Waals surface area contributed by atoms with Crippen LogP contribution in [-0.4, -0.2) is 9.59 Å². The van der Waals surface area contributed by atoms with Crippen LogP contribution in [-0.2, 0) is 6.54 Å². The van der Waals surface area contributed by atoms with Gasteiger partial charge in [0.15, 0.2) is 0 Å². The third kappa shape index (κ3) is 2.90. The lowest BCUT2D eigenvalue weighted by molar-refractivity contribution is 0.999. The number of nitrogens with zero attached hydrogens (tertiary/aromatic N) is 2. The smallest absolute Gasteiger partial charge is 0.0946 e. The maximum Gasteiger partial charge on any atom is 0.0946 e. The molecule has 0 amide bonds. The number of hydrogen-bond donors (Lipinski definition) is 1. The van der Waals surface area contributed by atoms with E-state index in [1.165, 1.54) is 11.5 Å². The summed E-state index contributed by atoms with van der Waals surface area (Å²) < 4.78 is 4.68. The normalized spacial score (nSPS) is 10.3. The molecule has 0 fully saturated rings. The second-order valence-electron chi connectivity index (χ2n) is 2.88. The predicted octanol–water partition coefficient (Wildman–Crippen LogP) is 3.57. The van der Waals surface area contributed by atoms with Crippen LogP contribution in [0, 0.1) is 0 Å². The van der Waals surface area contributed by atoms with Crippen LogP contribution < -0.4 is 5.32 Å². The summed E-state index contributed by atoms with van der Waals surface area (Å²) >= 11 is 10.6. The quantitative estimate of drug-likeness (QED) is 0.942. The van der Waals surface area contributed by atoms with Gasteiger partial charge < -0.3 is 5.32 Å². The number of halogens is 2. The lowest BCUT2D eigenvalue weighted by atomic mass is 10.3. The number of anilines is 1. The van der Waals surface area contributed by atoms with Gasteiger partial charge in [0, 0.05) is 15.5 Å². The molecule has 15 heavy (non-hydrogen) atoms. The fraction of sp³-hybridized carbons (Fsp3) is 0.111. The summed E-state index contributed by atoms with van der Waals surface area (Å²) in [5.74, 6) is 0. The highest BCUT2D eigenvalue weighted by atomic mass is 79.9. The number of hydrogen-bond acceptors (Lipinski definition) is 4. The van der Waals surface area contributed by atoms with Gasteiger partial charge in [-0.3, -0.25) is 0 Å². The van der Waals surface area contributed by atoms with Crippen molar-refractivity contribution in [2.45, 2.75) is 6.54 Å². The number of benzene rings is 1. The Kier molecular flexibility index (Phi) is 3.56. The van der Waals surface area contributed by atoms with Crippen molar-refractivity contribution in [3.05, 3.63) is 38.8 Å². The lowest BCUT2D eigenvalue weighted by Crippen LogP contribution is -1.99. The SMILES string of the molecule is Clc1cc(NCc2csnn2)ccc1Br. The third-order valence-corrected chi connectivity index (χ3v) is 3.58. The van der Waals surface area contributed by atoms with Crippen LogP contribution in [0.1, 0.15) is 5.69 Å². The second-order valence-corrected chi connectivity index (χ2v) is 4.75. The summed E-state index contributed by atoms with van der Waals surface area (Å²) in [6, 6.07) is 5.73. The monoisotopic (exact) mass is 303 g/mol. The summed E-state index contributed by atoms with van der Waals surface area (Å²) in [4.78, 5) is 0. The van der Waals surface area contributed by atoms with Crippen molar-refractivity contribution in [2.24, 2.45) is 0 Å². The van der Waals surface area contributed by atoms with Gasteiger partial charge in [0.2, 0.25) is 0 Å². The van der Waals surface area contributed by atoms with Crippen LogP contribution >= 0.6 is 39.1 Å². The molecule has 78 valence electrons. The average molecular weight is 305 g/mol. The zero-order chi connectivity index (χ0) is 10.7. The van der Waals surface area contributed by atoms with Gasteiger partial charge in [-0.2, -0.15) is 0 Å². The third-order valence-electron chi connectivity index (χ3n) is 1.80. The molecular formula is C9H7BrClN3S. The Morgan fingerprint density at radius 3 is 3.00 bits per heavy atom. The van der Waals surface area contributed by atoms with Crippen molar-refractivity contribution >= 4 is 44.8 Å². The standard InChI is InChI=1S/C9H7BrClN3S/c10-8-2-1-6(3-9(8)11)12-4-7-5-15-14-13-7/h1-3,5,12H,4H2. The Bertz CT molecular complexity index is 447. The Balaban J connectivity index is 2.02. The molecule has 2 aromatic rings. The van der Waals surface area contributed by atoms with Crippen molar-refractivity contribution < 1.29 is 0 Å². The molecule has 0 radical (unpaired) electrons. The molecule has 1 aromatic heterocycles. The molecule has 0 unspecified atom stereocenters. The van der Waals surface area contributed by atoms with Crippen molar-refractivity contribution in [1.29, 1.82) is 0 Å². The van der Waals surface area contributed by atoms with Crippen molar-refractivity contribution in [1.82, 2.24) is 9.59 Å². The van der Waals surface area contributed by atoms with Crippen LogP contribution in [0.15, 0.2) is 28.1 Å². The number of nitrogens with one attached hydrogen (secondary N) is 1. The van der Waals surface area contributed by atoms with E-state index < -0.39 is 0 Å². The van der Waals surface area contributed by atoms with Gasteiger partial charge >= 0.3 is 0 Å². The van der Waals surface area contributed by atoms with Gasteiger partial charge in [0.25, 0.3) is 0 Å². The minimum Gasteiger partial charge on any atom is -0.379 e. The summed E-state index contributed by atoms with van der Waals surface area (Å²) in [6.07, 6.45) is 0. The molecule has 0 saturated carbocycles. The Morgan fingerprint density at radius 2 is 2.33 bits per heavy atom. The first-order valence-electron chi connectivity index (χ1n) is 4.20. The topological polar surface area (TPSA) is 37.8 Å². The second kappa shape index (κ2) is 4.92. The molecular weight excluding hydrogens is 298 g/mol. The number of rotatable bonds is 3. The Morgan fingerprint density at radius 1 is 1.47 bits per heavy atom. The maximum absolute atomic E-state index is 5.96. The highest BCUT2D eigenvalue weighted by Gasteiger charge is 2.00. The molecule has 0 aliphatic heterocycles. The van der Waals surface area contributed by atoms with E-state index in [4.69, 9.17) is 11.6 Å². The van der Waals surface area contributed by atoms with E-state index in [2.05, 4.69) is 30.8 Å². The fourth-order valence-electron chi connectivity index (χ4n) is 1.06. The van der Waals surface area contributed by atoms with Crippen LogP contribution in [0.5, 0.6) is 0 Å². The van der Waals surface area contributed by atoms with Crippen LogP contribution in [0.2, 0.25) is 5.02 Å². The van der Waals surface area contributed by atoms with Crippen molar-refractivity contribution in [3.8, 4) is 0 Å². The highest BCUT2D eigenvalue weighted by Crippen LogP contribution is 2.25. The Labute approximate surface area is 105 Å². The zero-order valence-corrected chi connectivity index (χ0v) is 10.7. The molecule has 1 aromatic carbocycles. The molecule has 3 nitrogen and oxygen atoms in total. The van der Waals surface area contributed by atoms with E-state index in [0.29, 0.717) is 11.6 Å². The van der Waals surface area contributed by atoms with Gasteiger partial charge in [0.05, 0.1) is 17.3 Å². The Hall–Kier alpha value is -0.650. The molecule has 1 N–H and O–H groups in total. The predicted molar refractivity (Wildman–Crippen MR) is 66.4 cm³/mol. The summed E-state index contributed by atoms with van der Waals surface area (Å²) in [5, 5.41) is 9.75. The molecule has 0 aliphatic carbocycles. The zero-order valence-electron chi connectivity index (χ0n) is 7.58. The molecule has 2 rings (SSSR count). The largest absolute Gasteiger partial charge is 0.379 e. The van der Waals surface area contributed by atoms with Gasteiger partial charge in [-0.15, -0.1) is 5.10 Å². The first-order valence-corrected chi connectivity index (χ1v) is 6.21. The minimum absolute atomic E-state index is 0.661. The van der Waals surface area contributed by atoms with E-state index >= 15 is 0 Å². The summed E-state index contributed by atoms with van der Waals surface area (Å²) in [7, 11) is 0. The first-order chi connectivity index (χ1) is 7.25. The average Bonchev–Trinajstić information content (AvgIpc) is 2.73. The van der Waals surface area contributed by atoms with E-state index in [0.717, 1.165) is 15.9 Å². The molecule has 6 heteroatoms. The van der Waals surface area contributed by atoms with E-state index in [1.807, 2.05) is 23.6 Å². The van der Waals surface area contributed by atoms with Gasteiger partial charge in [0.1, 0.15) is 0 Å². The highest BCUT2D eigenvalue weighted by molar-refractivity contribution is 9.10. The van der Waals surface area contributed by atoms with Crippen LogP contribution in [0.3, 0.4) is 0 Å². The van der Waals surface area contributed by atoms with Crippen molar-refractivity contribution in [2.75, 3.05) is 5.32 Å². The molecule has 1 heterocycles. The molecule has 0 spiro atoms. The maximum atomic E-state index is 5.96. The first kappa shape index (κ1) is 10.9. The van der Waals surface area contributed by atoms with Crippen LogP contribution in [0.25, 0.3) is 0 Å². The number of aromatic nitrogens is 2. The van der Waals surface area contributed by atoms with E-state index in [-0.39, 0.29) is 0 Å². The summed E-state index contributed by atoms with van der Waals surface area (Å²) in [6.45, 7) is 0.661. The van der Waals surface area contributed by atoms with Gasteiger partial charge in [-0.05, 0) is 45.7 Å². The van der Waals surface area contributed by atoms with Crippen molar-refractivity contribution in [3.63, 3.8) is 0 Å². The molecule has 0 aliphatic rings. The van der Waals surface area contributed by atoms with Gasteiger partial charge in [-0.25, -0.2) is 0 Å².